The van der Waals surface area contributed by atoms with Gasteiger partial charge in [0.15, 0.2) is 5.82 Å². The van der Waals surface area contributed by atoms with Gasteiger partial charge in [0.25, 0.3) is 0 Å². The van der Waals surface area contributed by atoms with Crippen molar-refractivity contribution in [2.45, 2.75) is 32.7 Å². The Morgan fingerprint density at radius 1 is 1.12 bits per heavy atom. The maximum absolute atomic E-state index is 5.22. The molecule has 1 N–H and O–H groups in total. The molecule has 0 unspecified atom stereocenters. The van der Waals surface area contributed by atoms with Crippen LogP contribution in [0.1, 0.15) is 31.7 Å². The van der Waals surface area contributed by atoms with Crippen LogP contribution in [0.4, 0.5) is 5.69 Å². The second-order valence-corrected chi connectivity index (χ2v) is 6.24. The third kappa shape index (κ3) is 3.33. The highest BCUT2D eigenvalue weighted by Gasteiger charge is 2.31. The van der Waals surface area contributed by atoms with E-state index in [-0.39, 0.29) is 0 Å². The van der Waals surface area contributed by atoms with Crippen LogP contribution < -0.4 is 10.1 Å². The van der Waals surface area contributed by atoms with Gasteiger partial charge >= 0.3 is 0 Å². The lowest BCUT2D eigenvalue weighted by molar-refractivity contribution is 0.414. The highest BCUT2D eigenvalue weighted by atomic mass is 16.5. The number of para-hydroxylation sites is 1. The SMILES string of the molecule is CC[C@](C)(Nc1ccccc1C)c1nnnn1-c1ccc(OC)cc1. The van der Waals surface area contributed by atoms with Crippen LogP contribution in [0, 0.1) is 6.92 Å². The molecule has 0 aliphatic heterocycles. The summed E-state index contributed by atoms with van der Waals surface area (Å²) in [6.45, 7) is 6.33. The summed E-state index contributed by atoms with van der Waals surface area (Å²) in [4.78, 5) is 0. The van der Waals surface area contributed by atoms with E-state index in [9.17, 15) is 0 Å². The molecule has 3 rings (SSSR count). The molecular weight excluding hydrogens is 314 g/mol. The van der Waals surface area contributed by atoms with Crippen molar-refractivity contribution >= 4 is 5.69 Å². The maximum Gasteiger partial charge on any atom is 0.181 e. The Balaban J connectivity index is 1.99. The van der Waals surface area contributed by atoms with Crippen LogP contribution in [0.3, 0.4) is 0 Å². The van der Waals surface area contributed by atoms with E-state index in [2.05, 4.69) is 53.7 Å². The number of aryl methyl sites for hydroxylation is 1. The number of ether oxygens (including phenoxy) is 1. The molecule has 1 aromatic heterocycles. The summed E-state index contributed by atoms with van der Waals surface area (Å²) in [7, 11) is 1.65. The number of benzene rings is 2. The first kappa shape index (κ1) is 17.0. The van der Waals surface area contributed by atoms with Gasteiger partial charge in [-0.25, -0.2) is 0 Å². The number of anilines is 1. The summed E-state index contributed by atoms with van der Waals surface area (Å²) in [5.41, 5.74) is 2.75. The van der Waals surface area contributed by atoms with Crippen LogP contribution in [0.25, 0.3) is 5.69 Å². The Hall–Kier alpha value is -2.89. The lowest BCUT2D eigenvalue weighted by atomic mass is 9.96. The van der Waals surface area contributed by atoms with E-state index in [1.807, 2.05) is 36.4 Å². The van der Waals surface area contributed by atoms with E-state index in [0.29, 0.717) is 0 Å². The van der Waals surface area contributed by atoms with E-state index in [0.717, 1.165) is 29.4 Å². The third-order valence-corrected chi connectivity index (χ3v) is 4.54. The third-order valence-electron chi connectivity index (χ3n) is 4.54. The molecule has 1 atom stereocenters. The number of nitrogens with one attached hydrogen (secondary N) is 1. The minimum Gasteiger partial charge on any atom is -0.497 e. The summed E-state index contributed by atoms with van der Waals surface area (Å²) in [6, 6.07) is 15.9. The van der Waals surface area contributed by atoms with Gasteiger partial charge in [-0.1, -0.05) is 25.1 Å². The Labute approximate surface area is 147 Å². The van der Waals surface area contributed by atoms with Gasteiger partial charge < -0.3 is 10.1 Å². The zero-order valence-corrected chi connectivity index (χ0v) is 15.0. The largest absolute Gasteiger partial charge is 0.497 e. The van der Waals surface area contributed by atoms with Crippen molar-refractivity contribution in [1.29, 1.82) is 0 Å². The van der Waals surface area contributed by atoms with Crippen LogP contribution in [-0.2, 0) is 5.54 Å². The number of methoxy groups -OCH3 is 1. The minimum absolute atomic E-state index is 0.407. The molecule has 0 amide bonds. The first-order valence-electron chi connectivity index (χ1n) is 8.34. The number of nitrogens with zero attached hydrogens (tertiary/aromatic N) is 4. The summed E-state index contributed by atoms with van der Waals surface area (Å²) in [5, 5.41) is 16.0. The standard InChI is InChI=1S/C19H23N5O/c1-5-19(3,20-17-9-7-6-8-14(17)2)18-21-22-23-24(18)15-10-12-16(25-4)13-11-15/h6-13,20H,5H2,1-4H3/t19-/m0/s1. The summed E-state index contributed by atoms with van der Waals surface area (Å²) < 4.78 is 7.00. The second-order valence-electron chi connectivity index (χ2n) is 6.24. The average molecular weight is 337 g/mol. The van der Waals surface area contributed by atoms with Gasteiger partial charge in [-0.3, -0.25) is 0 Å². The van der Waals surface area contributed by atoms with E-state index in [1.165, 1.54) is 5.56 Å². The molecule has 3 aromatic rings. The molecule has 25 heavy (non-hydrogen) atoms. The van der Waals surface area contributed by atoms with Crippen molar-refractivity contribution in [2.24, 2.45) is 0 Å². The summed E-state index contributed by atoms with van der Waals surface area (Å²) >= 11 is 0. The molecule has 6 heteroatoms. The number of rotatable bonds is 6. The highest BCUT2D eigenvalue weighted by Crippen LogP contribution is 2.30. The van der Waals surface area contributed by atoms with Crippen molar-refractivity contribution in [1.82, 2.24) is 20.2 Å². The zero-order valence-electron chi connectivity index (χ0n) is 15.0. The number of aromatic nitrogens is 4. The van der Waals surface area contributed by atoms with Gasteiger partial charge in [0.05, 0.1) is 18.3 Å². The van der Waals surface area contributed by atoms with Crippen molar-refractivity contribution in [3.8, 4) is 11.4 Å². The maximum atomic E-state index is 5.22. The topological polar surface area (TPSA) is 64.9 Å². The lowest BCUT2D eigenvalue weighted by Gasteiger charge is -2.30. The number of tetrazole rings is 1. The van der Waals surface area contributed by atoms with Gasteiger partial charge in [-0.15, -0.1) is 5.10 Å². The molecule has 0 aliphatic rings. The minimum atomic E-state index is -0.407. The Morgan fingerprint density at radius 2 is 1.84 bits per heavy atom. The molecule has 2 aromatic carbocycles. The Bertz CT molecular complexity index is 843. The molecule has 6 nitrogen and oxygen atoms in total. The predicted molar refractivity (Wildman–Crippen MR) is 98.2 cm³/mol. The van der Waals surface area contributed by atoms with E-state index in [4.69, 9.17) is 4.74 Å². The van der Waals surface area contributed by atoms with Crippen LogP contribution in [0.5, 0.6) is 5.75 Å². The molecule has 0 saturated carbocycles. The van der Waals surface area contributed by atoms with Crippen molar-refractivity contribution in [3.63, 3.8) is 0 Å². The molecular formula is C19H23N5O. The molecule has 0 aliphatic carbocycles. The molecule has 130 valence electrons. The smallest absolute Gasteiger partial charge is 0.181 e. The van der Waals surface area contributed by atoms with E-state index < -0.39 is 5.54 Å². The monoisotopic (exact) mass is 337 g/mol. The Morgan fingerprint density at radius 3 is 2.48 bits per heavy atom. The van der Waals surface area contributed by atoms with Crippen molar-refractivity contribution in [2.75, 3.05) is 12.4 Å². The van der Waals surface area contributed by atoms with Crippen LogP contribution in [-0.4, -0.2) is 27.3 Å². The molecule has 0 saturated heterocycles. The highest BCUT2D eigenvalue weighted by molar-refractivity contribution is 5.53. The van der Waals surface area contributed by atoms with Gasteiger partial charge in [0.2, 0.25) is 0 Å². The molecule has 0 spiro atoms. The first-order chi connectivity index (χ1) is 12.1. The van der Waals surface area contributed by atoms with Crippen molar-refractivity contribution < 1.29 is 4.74 Å². The molecule has 0 radical (unpaired) electrons. The number of hydrogen-bond acceptors (Lipinski definition) is 5. The normalized spacial score (nSPS) is 13.3. The molecule has 0 bridgehead atoms. The van der Waals surface area contributed by atoms with E-state index in [1.54, 1.807) is 11.8 Å². The first-order valence-corrected chi connectivity index (χ1v) is 8.34. The van der Waals surface area contributed by atoms with Gasteiger partial charge in [0.1, 0.15) is 5.75 Å². The van der Waals surface area contributed by atoms with Crippen LogP contribution >= 0.6 is 0 Å². The summed E-state index contributed by atoms with van der Waals surface area (Å²) in [6.07, 6.45) is 0.831. The fraction of sp³-hybridized carbons (Fsp3) is 0.316. The average Bonchev–Trinajstić information content (AvgIpc) is 3.14. The van der Waals surface area contributed by atoms with Crippen LogP contribution in [0.15, 0.2) is 48.5 Å². The van der Waals surface area contributed by atoms with Crippen molar-refractivity contribution in [3.05, 3.63) is 59.9 Å². The van der Waals surface area contributed by atoms with Gasteiger partial charge in [-0.05, 0) is 66.6 Å². The molecule has 0 fully saturated rings. The van der Waals surface area contributed by atoms with Gasteiger partial charge in [0, 0.05) is 5.69 Å². The van der Waals surface area contributed by atoms with E-state index >= 15 is 0 Å². The van der Waals surface area contributed by atoms with Gasteiger partial charge in [-0.2, -0.15) is 4.68 Å². The zero-order chi connectivity index (χ0) is 17.9. The predicted octanol–water partition coefficient (Wildman–Crippen LogP) is 3.72. The molecule has 1 heterocycles. The Kier molecular flexibility index (Phi) is 4.70. The fourth-order valence-corrected chi connectivity index (χ4v) is 2.74. The fourth-order valence-electron chi connectivity index (χ4n) is 2.74. The summed E-state index contributed by atoms with van der Waals surface area (Å²) in [5.74, 6) is 1.57. The second kappa shape index (κ2) is 6.93. The number of hydrogen-bond donors (Lipinski definition) is 1. The quantitative estimate of drug-likeness (QED) is 0.743. The lowest BCUT2D eigenvalue weighted by Crippen LogP contribution is -2.34. The van der Waals surface area contributed by atoms with Crippen LogP contribution in [0.2, 0.25) is 0 Å².